The van der Waals surface area contributed by atoms with Crippen LogP contribution in [0.4, 0.5) is 0 Å². The second-order valence-corrected chi connectivity index (χ2v) is 3.08. The van der Waals surface area contributed by atoms with Crippen molar-refractivity contribution in [3.8, 4) is 0 Å². The minimum atomic E-state index is -0.424. The maximum absolute atomic E-state index is 11.0. The molecule has 0 bridgehead atoms. The third-order valence-electron chi connectivity index (χ3n) is 2.05. The van der Waals surface area contributed by atoms with Gasteiger partial charge < -0.3 is 10.0 Å². The van der Waals surface area contributed by atoms with E-state index in [-0.39, 0.29) is 5.91 Å². The number of carbonyl (C=O) groups is 1. The third-order valence-corrected chi connectivity index (χ3v) is 2.05. The van der Waals surface area contributed by atoms with E-state index < -0.39 is 6.61 Å². The Balaban J connectivity index is 2.38. The molecule has 0 radical (unpaired) electrons. The number of pyridine rings is 1. The molecular formula is C10H14N2O2. The number of hydrogen-bond acceptors (Lipinski definition) is 3. The Morgan fingerprint density at radius 1 is 1.50 bits per heavy atom. The van der Waals surface area contributed by atoms with Crippen molar-refractivity contribution < 1.29 is 9.90 Å². The van der Waals surface area contributed by atoms with Gasteiger partial charge in [-0.2, -0.15) is 0 Å². The number of amides is 1. The molecule has 0 atom stereocenters. The van der Waals surface area contributed by atoms with Crippen LogP contribution in [0.2, 0.25) is 0 Å². The molecule has 0 aromatic carbocycles. The Kier molecular flexibility index (Phi) is 4.07. The number of hydrogen-bond donors (Lipinski definition) is 1. The van der Waals surface area contributed by atoms with Crippen molar-refractivity contribution in [3.05, 3.63) is 30.1 Å². The van der Waals surface area contributed by atoms with Crippen LogP contribution in [0.3, 0.4) is 0 Å². The minimum absolute atomic E-state index is 0.251. The molecule has 4 heteroatoms. The van der Waals surface area contributed by atoms with Crippen molar-refractivity contribution in [2.45, 2.75) is 6.42 Å². The number of likely N-dealkylation sites (N-methyl/N-ethyl adjacent to an activating group) is 1. The van der Waals surface area contributed by atoms with Crippen molar-refractivity contribution in [2.75, 3.05) is 20.2 Å². The molecule has 0 aliphatic rings. The predicted molar refractivity (Wildman–Crippen MR) is 52.7 cm³/mol. The van der Waals surface area contributed by atoms with E-state index in [0.29, 0.717) is 6.54 Å². The van der Waals surface area contributed by atoms with E-state index in [1.165, 1.54) is 4.90 Å². The summed E-state index contributed by atoms with van der Waals surface area (Å²) in [5, 5.41) is 8.60. The van der Waals surface area contributed by atoms with Crippen LogP contribution in [-0.4, -0.2) is 41.1 Å². The molecule has 0 unspecified atom stereocenters. The molecule has 1 aromatic rings. The summed E-state index contributed by atoms with van der Waals surface area (Å²) in [5.74, 6) is -0.251. The van der Waals surface area contributed by atoms with E-state index in [2.05, 4.69) is 4.98 Å². The van der Waals surface area contributed by atoms with Gasteiger partial charge in [-0.3, -0.25) is 9.78 Å². The van der Waals surface area contributed by atoms with Crippen molar-refractivity contribution >= 4 is 5.91 Å². The molecule has 4 nitrogen and oxygen atoms in total. The number of aromatic nitrogens is 1. The van der Waals surface area contributed by atoms with Crippen LogP contribution in [0.15, 0.2) is 24.5 Å². The van der Waals surface area contributed by atoms with Crippen LogP contribution in [0, 0.1) is 0 Å². The van der Waals surface area contributed by atoms with Crippen LogP contribution >= 0.6 is 0 Å². The van der Waals surface area contributed by atoms with Gasteiger partial charge in [0.05, 0.1) is 0 Å². The highest BCUT2D eigenvalue weighted by atomic mass is 16.3. The SMILES string of the molecule is CN(CCc1ccncc1)C(=O)CO. The summed E-state index contributed by atoms with van der Waals surface area (Å²) in [4.78, 5) is 16.4. The summed E-state index contributed by atoms with van der Waals surface area (Å²) >= 11 is 0. The van der Waals surface area contributed by atoms with Crippen LogP contribution in [0.5, 0.6) is 0 Å². The fourth-order valence-corrected chi connectivity index (χ4v) is 1.09. The normalized spacial score (nSPS) is 9.86. The maximum Gasteiger partial charge on any atom is 0.248 e. The monoisotopic (exact) mass is 194 g/mol. The van der Waals surface area contributed by atoms with Crippen molar-refractivity contribution in [1.29, 1.82) is 0 Å². The zero-order valence-electron chi connectivity index (χ0n) is 8.18. The van der Waals surface area contributed by atoms with Gasteiger partial charge in [0.25, 0.3) is 0 Å². The number of nitrogens with zero attached hydrogens (tertiary/aromatic N) is 2. The van der Waals surface area contributed by atoms with Crippen LogP contribution in [-0.2, 0) is 11.2 Å². The summed E-state index contributed by atoms with van der Waals surface area (Å²) < 4.78 is 0. The van der Waals surface area contributed by atoms with Gasteiger partial charge in [0.15, 0.2) is 0 Å². The highest BCUT2D eigenvalue weighted by molar-refractivity contribution is 5.76. The van der Waals surface area contributed by atoms with E-state index in [4.69, 9.17) is 5.11 Å². The van der Waals surface area contributed by atoms with Crippen molar-refractivity contribution in [1.82, 2.24) is 9.88 Å². The average Bonchev–Trinajstić information content (AvgIpc) is 2.26. The van der Waals surface area contributed by atoms with Crippen LogP contribution < -0.4 is 0 Å². The molecule has 0 saturated carbocycles. The first-order chi connectivity index (χ1) is 6.74. The first-order valence-electron chi connectivity index (χ1n) is 4.47. The van der Waals surface area contributed by atoms with Gasteiger partial charge in [-0.1, -0.05) is 0 Å². The van der Waals surface area contributed by atoms with Gasteiger partial charge in [0.2, 0.25) is 5.91 Å². The summed E-state index contributed by atoms with van der Waals surface area (Å²) in [7, 11) is 1.68. The average molecular weight is 194 g/mol. The van der Waals surface area contributed by atoms with Crippen molar-refractivity contribution in [3.63, 3.8) is 0 Å². The number of aliphatic hydroxyl groups excluding tert-OH is 1. The fourth-order valence-electron chi connectivity index (χ4n) is 1.09. The molecule has 0 aliphatic carbocycles. The zero-order chi connectivity index (χ0) is 10.4. The maximum atomic E-state index is 11.0. The highest BCUT2D eigenvalue weighted by Crippen LogP contribution is 1.98. The standard InChI is InChI=1S/C10H14N2O2/c1-12(10(14)8-13)7-4-9-2-5-11-6-3-9/h2-3,5-6,13H,4,7-8H2,1H3. The third kappa shape index (κ3) is 3.14. The molecule has 14 heavy (non-hydrogen) atoms. The summed E-state index contributed by atoms with van der Waals surface area (Å²) in [6.45, 7) is 0.191. The first kappa shape index (κ1) is 10.7. The van der Waals surface area contributed by atoms with Crippen LogP contribution in [0.25, 0.3) is 0 Å². The van der Waals surface area contributed by atoms with Gasteiger partial charge in [-0.15, -0.1) is 0 Å². The van der Waals surface area contributed by atoms with Gasteiger partial charge >= 0.3 is 0 Å². The predicted octanol–water partition coefficient (Wildman–Crippen LogP) is 0.0748. The summed E-state index contributed by atoms with van der Waals surface area (Å²) in [6.07, 6.45) is 4.23. The second kappa shape index (κ2) is 5.34. The smallest absolute Gasteiger partial charge is 0.248 e. The molecule has 1 aromatic heterocycles. The Labute approximate surface area is 83.2 Å². The quantitative estimate of drug-likeness (QED) is 0.738. The lowest BCUT2D eigenvalue weighted by molar-refractivity contribution is -0.132. The largest absolute Gasteiger partial charge is 0.387 e. The van der Waals surface area contributed by atoms with E-state index in [0.717, 1.165) is 12.0 Å². The molecular weight excluding hydrogens is 180 g/mol. The molecule has 1 rings (SSSR count). The highest BCUT2D eigenvalue weighted by Gasteiger charge is 2.05. The second-order valence-electron chi connectivity index (χ2n) is 3.08. The Hall–Kier alpha value is -1.42. The van der Waals surface area contributed by atoms with Crippen molar-refractivity contribution in [2.24, 2.45) is 0 Å². The van der Waals surface area contributed by atoms with Gasteiger partial charge in [0.1, 0.15) is 6.61 Å². The van der Waals surface area contributed by atoms with Crippen LogP contribution in [0.1, 0.15) is 5.56 Å². The number of carbonyl (C=O) groups excluding carboxylic acids is 1. The van der Waals surface area contributed by atoms with E-state index in [1.807, 2.05) is 12.1 Å². The first-order valence-corrected chi connectivity index (χ1v) is 4.47. The van der Waals surface area contributed by atoms with E-state index >= 15 is 0 Å². The number of rotatable bonds is 4. The van der Waals surface area contributed by atoms with Gasteiger partial charge in [0, 0.05) is 26.0 Å². The van der Waals surface area contributed by atoms with Gasteiger partial charge in [-0.05, 0) is 24.1 Å². The minimum Gasteiger partial charge on any atom is -0.387 e. The molecule has 0 saturated heterocycles. The fraction of sp³-hybridized carbons (Fsp3) is 0.400. The lowest BCUT2D eigenvalue weighted by Gasteiger charge is -2.15. The van der Waals surface area contributed by atoms with E-state index in [9.17, 15) is 4.79 Å². The Morgan fingerprint density at radius 2 is 2.14 bits per heavy atom. The summed E-state index contributed by atoms with van der Waals surface area (Å²) in [5.41, 5.74) is 1.14. The molecule has 1 amide bonds. The lowest BCUT2D eigenvalue weighted by atomic mass is 10.2. The Morgan fingerprint density at radius 3 is 2.71 bits per heavy atom. The molecule has 76 valence electrons. The lowest BCUT2D eigenvalue weighted by Crippen LogP contribution is -2.31. The molecule has 0 spiro atoms. The molecule has 0 aliphatic heterocycles. The van der Waals surface area contributed by atoms with E-state index in [1.54, 1.807) is 19.4 Å². The molecule has 1 N–H and O–H groups in total. The molecule has 0 fully saturated rings. The topological polar surface area (TPSA) is 53.4 Å². The molecule has 1 heterocycles. The summed E-state index contributed by atoms with van der Waals surface area (Å²) in [6, 6.07) is 3.83. The number of aliphatic hydroxyl groups is 1. The van der Waals surface area contributed by atoms with Gasteiger partial charge in [-0.25, -0.2) is 0 Å². The zero-order valence-corrected chi connectivity index (χ0v) is 8.18. The Bertz CT molecular complexity index is 287.